The van der Waals surface area contributed by atoms with Crippen molar-refractivity contribution in [3.8, 4) is 0 Å². The Morgan fingerprint density at radius 1 is 0.957 bits per heavy atom. The van der Waals surface area contributed by atoms with Crippen molar-refractivity contribution in [2.24, 2.45) is 17.3 Å². The quantitative estimate of drug-likeness (QED) is 0.870. The van der Waals surface area contributed by atoms with E-state index in [9.17, 15) is 9.59 Å². The number of amides is 1. The number of ketones is 1. The molecule has 0 aromatic carbocycles. The third kappa shape index (κ3) is 3.78. The molecule has 2 aliphatic heterocycles. The van der Waals surface area contributed by atoms with Gasteiger partial charge < -0.3 is 10.2 Å². The highest BCUT2D eigenvalue weighted by Gasteiger charge is 2.38. The van der Waals surface area contributed by atoms with Crippen molar-refractivity contribution in [1.82, 2.24) is 10.2 Å². The zero-order valence-electron chi connectivity index (χ0n) is 14.6. The lowest BCUT2D eigenvalue weighted by Gasteiger charge is -2.45. The van der Waals surface area contributed by atoms with Gasteiger partial charge in [0.15, 0.2) is 0 Å². The number of hydrogen-bond acceptors (Lipinski definition) is 3. The fourth-order valence-electron chi connectivity index (χ4n) is 4.87. The Morgan fingerprint density at radius 3 is 2.09 bits per heavy atom. The fraction of sp³-hybridized carbons (Fsp3) is 0.895. The minimum absolute atomic E-state index is 0.179. The van der Waals surface area contributed by atoms with Gasteiger partial charge in [-0.1, -0.05) is 6.92 Å². The molecule has 130 valence electrons. The van der Waals surface area contributed by atoms with E-state index in [-0.39, 0.29) is 11.8 Å². The highest BCUT2D eigenvalue weighted by molar-refractivity contribution is 5.82. The van der Waals surface area contributed by atoms with Gasteiger partial charge in [0.05, 0.1) is 0 Å². The number of carbonyl (C=O) groups is 2. The first-order chi connectivity index (χ1) is 11.1. The average Bonchev–Trinajstić information content (AvgIpc) is 2.62. The van der Waals surface area contributed by atoms with Gasteiger partial charge >= 0.3 is 0 Å². The van der Waals surface area contributed by atoms with Crippen molar-refractivity contribution in [2.45, 2.75) is 64.7 Å². The van der Waals surface area contributed by atoms with Gasteiger partial charge in [0, 0.05) is 31.3 Å². The highest BCUT2D eigenvalue weighted by Crippen LogP contribution is 2.40. The van der Waals surface area contributed by atoms with Crippen LogP contribution in [0.25, 0.3) is 0 Å². The lowest BCUT2D eigenvalue weighted by Crippen LogP contribution is -2.49. The Morgan fingerprint density at radius 2 is 1.52 bits per heavy atom. The van der Waals surface area contributed by atoms with E-state index >= 15 is 0 Å². The van der Waals surface area contributed by atoms with Crippen LogP contribution in [0.3, 0.4) is 0 Å². The lowest BCUT2D eigenvalue weighted by atomic mass is 9.71. The molecule has 2 saturated heterocycles. The highest BCUT2D eigenvalue weighted by atomic mass is 16.2. The molecule has 1 aliphatic carbocycles. The van der Waals surface area contributed by atoms with Gasteiger partial charge in [-0.05, 0) is 69.9 Å². The molecule has 0 unspecified atom stereocenters. The predicted molar refractivity (Wildman–Crippen MR) is 91.1 cm³/mol. The molecule has 0 aromatic heterocycles. The molecular weight excluding hydrogens is 288 g/mol. The third-order valence-electron chi connectivity index (χ3n) is 6.68. The first kappa shape index (κ1) is 16.9. The summed E-state index contributed by atoms with van der Waals surface area (Å²) in [6.45, 7) is 6.13. The molecule has 1 N–H and O–H groups in total. The molecule has 2 heterocycles. The van der Waals surface area contributed by atoms with Crippen molar-refractivity contribution in [1.29, 1.82) is 0 Å². The number of rotatable bonds is 3. The van der Waals surface area contributed by atoms with Crippen LogP contribution in [0.5, 0.6) is 0 Å². The van der Waals surface area contributed by atoms with E-state index in [4.69, 9.17) is 0 Å². The molecule has 1 spiro atoms. The summed E-state index contributed by atoms with van der Waals surface area (Å²) in [5, 5.41) is 3.45. The molecule has 1 amide bonds. The molecule has 3 fully saturated rings. The zero-order valence-corrected chi connectivity index (χ0v) is 14.6. The first-order valence-electron chi connectivity index (χ1n) is 9.66. The van der Waals surface area contributed by atoms with Crippen LogP contribution < -0.4 is 5.32 Å². The minimum Gasteiger partial charge on any atom is -0.342 e. The molecule has 3 aliphatic rings. The second-order valence-corrected chi connectivity index (χ2v) is 7.94. The summed E-state index contributed by atoms with van der Waals surface area (Å²) in [5.41, 5.74) is 0.507. The largest absolute Gasteiger partial charge is 0.342 e. The molecular formula is C19H32N2O2. The van der Waals surface area contributed by atoms with Gasteiger partial charge in [-0.25, -0.2) is 0 Å². The van der Waals surface area contributed by atoms with Gasteiger partial charge in [-0.3, -0.25) is 9.59 Å². The van der Waals surface area contributed by atoms with Crippen molar-refractivity contribution >= 4 is 11.7 Å². The number of piperidine rings is 2. The van der Waals surface area contributed by atoms with Crippen LogP contribution in [0, 0.1) is 17.3 Å². The topological polar surface area (TPSA) is 49.4 Å². The summed E-state index contributed by atoms with van der Waals surface area (Å²) in [7, 11) is 0. The van der Waals surface area contributed by atoms with Gasteiger partial charge in [-0.2, -0.15) is 0 Å². The molecule has 23 heavy (non-hydrogen) atoms. The summed E-state index contributed by atoms with van der Waals surface area (Å²) < 4.78 is 0. The van der Waals surface area contributed by atoms with Crippen LogP contribution in [0.4, 0.5) is 0 Å². The Hall–Kier alpha value is -0.900. The number of likely N-dealkylation sites (tertiary alicyclic amines) is 1. The van der Waals surface area contributed by atoms with Crippen LogP contribution >= 0.6 is 0 Å². The Kier molecular flexibility index (Phi) is 5.40. The fourth-order valence-corrected chi connectivity index (χ4v) is 4.87. The summed E-state index contributed by atoms with van der Waals surface area (Å²) in [4.78, 5) is 26.7. The monoisotopic (exact) mass is 320 g/mol. The van der Waals surface area contributed by atoms with Crippen LogP contribution in [0.2, 0.25) is 0 Å². The Bertz CT molecular complexity index is 425. The van der Waals surface area contributed by atoms with Crippen LogP contribution in [-0.2, 0) is 9.59 Å². The van der Waals surface area contributed by atoms with Crippen LogP contribution in [0.15, 0.2) is 0 Å². The Labute approximate surface area is 140 Å². The van der Waals surface area contributed by atoms with Crippen LogP contribution in [-0.4, -0.2) is 42.8 Å². The summed E-state index contributed by atoms with van der Waals surface area (Å²) in [5.74, 6) is 1.17. The summed E-state index contributed by atoms with van der Waals surface area (Å²) >= 11 is 0. The molecule has 4 nitrogen and oxygen atoms in total. The molecule has 3 rings (SSSR count). The van der Waals surface area contributed by atoms with Gasteiger partial charge in [0.1, 0.15) is 5.78 Å². The number of nitrogens with zero attached hydrogens (tertiary/aromatic N) is 1. The standard InChI is InChI=1S/C19H32N2O2/c1-2-17(22)15-3-5-16(6-4-15)18(23)21-13-9-19(10-14-21)7-11-20-12-8-19/h15-16,20H,2-14H2,1H3. The lowest BCUT2D eigenvalue weighted by molar-refractivity contribution is -0.140. The van der Waals surface area contributed by atoms with Gasteiger partial charge in [-0.15, -0.1) is 0 Å². The van der Waals surface area contributed by atoms with Crippen molar-refractivity contribution in [3.05, 3.63) is 0 Å². The number of Topliss-reactive ketones (excluding diaryl/α,β-unsaturated/α-hetero) is 1. The maximum atomic E-state index is 12.8. The molecule has 1 saturated carbocycles. The van der Waals surface area contributed by atoms with Crippen molar-refractivity contribution in [2.75, 3.05) is 26.2 Å². The molecule has 0 radical (unpaired) electrons. The zero-order chi connectivity index (χ0) is 16.3. The maximum absolute atomic E-state index is 12.8. The van der Waals surface area contributed by atoms with Crippen molar-refractivity contribution in [3.63, 3.8) is 0 Å². The van der Waals surface area contributed by atoms with Gasteiger partial charge in [0.2, 0.25) is 5.91 Å². The van der Waals surface area contributed by atoms with E-state index in [0.717, 1.165) is 51.9 Å². The van der Waals surface area contributed by atoms with Crippen LogP contribution in [0.1, 0.15) is 64.7 Å². The predicted octanol–water partition coefficient (Wildman–Crippen LogP) is 2.76. The maximum Gasteiger partial charge on any atom is 0.225 e. The third-order valence-corrected chi connectivity index (χ3v) is 6.68. The number of nitrogens with one attached hydrogen (secondary N) is 1. The number of carbonyl (C=O) groups excluding carboxylic acids is 2. The SMILES string of the molecule is CCC(=O)C1CCC(C(=O)N2CCC3(CCNCC3)CC2)CC1. The van der Waals surface area contributed by atoms with E-state index < -0.39 is 0 Å². The van der Waals surface area contributed by atoms with Gasteiger partial charge in [0.25, 0.3) is 0 Å². The molecule has 0 bridgehead atoms. The molecule has 4 heteroatoms. The van der Waals surface area contributed by atoms with E-state index in [1.807, 2.05) is 6.92 Å². The van der Waals surface area contributed by atoms with E-state index in [2.05, 4.69) is 10.2 Å². The van der Waals surface area contributed by atoms with E-state index in [0.29, 0.717) is 23.5 Å². The van der Waals surface area contributed by atoms with E-state index in [1.54, 1.807) is 0 Å². The second-order valence-electron chi connectivity index (χ2n) is 7.94. The summed E-state index contributed by atoms with van der Waals surface area (Å²) in [6.07, 6.45) is 9.25. The first-order valence-corrected chi connectivity index (χ1v) is 9.66. The Balaban J connectivity index is 1.47. The minimum atomic E-state index is 0.179. The summed E-state index contributed by atoms with van der Waals surface area (Å²) in [6, 6.07) is 0. The molecule has 0 atom stereocenters. The molecule has 0 aromatic rings. The van der Waals surface area contributed by atoms with Crippen molar-refractivity contribution < 1.29 is 9.59 Å². The normalized spacial score (nSPS) is 31.1. The second kappa shape index (κ2) is 7.33. The number of hydrogen-bond donors (Lipinski definition) is 1. The average molecular weight is 320 g/mol. The van der Waals surface area contributed by atoms with E-state index in [1.165, 1.54) is 25.7 Å². The smallest absolute Gasteiger partial charge is 0.225 e.